The van der Waals surface area contributed by atoms with Gasteiger partial charge in [0.15, 0.2) is 0 Å². The molecule has 4 nitrogen and oxygen atoms in total. The molecule has 0 aliphatic carbocycles. The zero-order valence-corrected chi connectivity index (χ0v) is 11.3. The molecule has 0 aromatic heterocycles. The molecule has 0 spiro atoms. The third-order valence-electron chi connectivity index (χ3n) is 2.81. The fraction of sp³-hybridized carbons (Fsp3) is 0.455. The molecule has 1 aromatic carbocycles. The van der Waals surface area contributed by atoms with Gasteiger partial charge in [0, 0.05) is 19.1 Å². The van der Waals surface area contributed by atoms with Crippen LogP contribution in [-0.4, -0.2) is 31.9 Å². The standard InChI is InChI=1S/C11H16N2O2S.ClH/c1-9-3-2-4-11(7-9)16(14,15)13-6-5-10(12)8-13;/h2-4,7,10H,5-6,8,12H2,1H3;1H/t10-;/m1./s1. The molecule has 1 heterocycles. The minimum absolute atomic E-state index is 0. The zero-order valence-electron chi connectivity index (χ0n) is 9.67. The van der Waals surface area contributed by atoms with Crippen molar-refractivity contribution in [3.63, 3.8) is 0 Å². The SMILES string of the molecule is Cc1cccc(S(=O)(=O)N2CC[C@@H](N)C2)c1.Cl. The van der Waals surface area contributed by atoms with E-state index in [4.69, 9.17) is 5.73 Å². The van der Waals surface area contributed by atoms with E-state index in [1.54, 1.807) is 18.2 Å². The highest BCUT2D eigenvalue weighted by Gasteiger charge is 2.30. The van der Waals surface area contributed by atoms with Crippen molar-refractivity contribution in [3.8, 4) is 0 Å². The van der Waals surface area contributed by atoms with Gasteiger partial charge in [-0.15, -0.1) is 12.4 Å². The highest BCUT2D eigenvalue weighted by molar-refractivity contribution is 7.89. The molecular formula is C11H17ClN2O2S. The van der Waals surface area contributed by atoms with Crippen LogP contribution in [0.1, 0.15) is 12.0 Å². The summed E-state index contributed by atoms with van der Waals surface area (Å²) in [5.74, 6) is 0. The van der Waals surface area contributed by atoms with Crippen LogP contribution in [0.3, 0.4) is 0 Å². The smallest absolute Gasteiger partial charge is 0.243 e. The van der Waals surface area contributed by atoms with Crippen molar-refractivity contribution in [3.05, 3.63) is 29.8 Å². The Morgan fingerprint density at radius 1 is 1.41 bits per heavy atom. The van der Waals surface area contributed by atoms with Crippen molar-refractivity contribution < 1.29 is 8.42 Å². The molecule has 0 saturated carbocycles. The van der Waals surface area contributed by atoms with E-state index in [-0.39, 0.29) is 18.4 Å². The van der Waals surface area contributed by atoms with Gasteiger partial charge in [-0.2, -0.15) is 4.31 Å². The molecule has 1 saturated heterocycles. The van der Waals surface area contributed by atoms with Crippen LogP contribution in [0.2, 0.25) is 0 Å². The molecule has 6 heteroatoms. The van der Waals surface area contributed by atoms with E-state index in [9.17, 15) is 8.42 Å². The zero-order chi connectivity index (χ0) is 11.8. The molecular weight excluding hydrogens is 260 g/mol. The third-order valence-corrected chi connectivity index (χ3v) is 4.68. The summed E-state index contributed by atoms with van der Waals surface area (Å²) in [6.07, 6.45) is 0.741. The van der Waals surface area contributed by atoms with E-state index in [0.717, 1.165) is 12.0 Å². The maximum absolute atomic E-state index is 12.2. The molecule has 17 heavy (non-hydrogen) atoms. The van der Waals surface area contributed by atoms with Crippen LogP contribution >= 0.6 is 12.4 Å². The van der Waals surface area contributed by atoms with Crippen molar-refractivity contribution in [1.29, 1.82) is 0 Å². The highest BCUT2D eigenvalue weighted by atomic mass is 35.5. The first-order valence-corrected chi connectivity index (χ1v) is 6.76. The number of sulfonamides is 1. The Hall–Kier alpha value is -0.620. The van der Waals surface area contributed by atoms with E-state index in [1.165, 1.54) is 4.31 Å². The second kappa shape index (κ2) is 5.35. The quantitative estimate of drug-likeness (QED) is 0.881. The van der Waals surface area contributed by atoms with Crippen LogP contribution in [0.5, 0.6) is 0 Å². The largest absolute Gasteiger partial charge is 0.326 e. The van der Waals surface area contributed by atoms with Crippen molar-refractivity contribution in [1.82, 2.24) is 4.31 Å². The number of benzene rings is 1. The second-order valence-electron chi connectivity index (χ2n) is 4.23. The molecule has 1 fully saturated rings. The summed E-state index contributed by atoms with van der Waals surface area (Å²) in [6.45, 7) is 2.84. The Labute approximate surface area is 108 Å². The first kappa shape index (κ1) is 14.4. The molecule has 0 unspecified atom stereocenters. The summed E-state index contributed by atoms with van der Waals surface area (Å²) in [7, 11) is -3.34. The van der Waals surface area contributed by atoms with Gasteiger partial charge in [-0.3, -0.25) is 0 Å². The lowest BCUT2D eigenvalue weighted by molar-refractivity contribution is 0.472. The van der Waals surface area contributed by atoms with E-state index in [0.29, 0.717) is 18.0 Å². The van der Waals surface area contributed by atoms with Crippen LogP contribution < -0.4 is 5.73 Å². The number of hydrogen-bond donors (Lipinski definition) is 1. The van der Waals surface area contributed by atoms with Gasteiger partial charge in [0.05, 0.1) is 4.90 Å². The Morgan fingerprint density at radius 3 is 2.65 bits per heavy atom. The van der Waals surface area contributed by atoms with Crippen molar-refractivity contribution in [2.45, 2.75) is 24.3 Å². The lowest BCUT2D eigenvalue weighted by Gasteiger charge is -2.16. The third kappa shape index (κ3) is 2.98. The second-order valence-corrected chi connectivity index (χ2v) is 6.17. The summed E-state index contributed by atoms with van der Waals surface area (Å²) in [6, 6.07) is 6.94. The van der Waals surface area contributed by atoms with Crippen molar-refractivity contribution >= 4 is 22.4 Å². The normalized spacial score (nSPS) is 21.2. The molecule has 1 atom stereocenters. The molecule has 96 valence electrons. The Balaban J connectivity index is 0.00000144. The number of aryl methyl sites for hydroxylation is 1. The van der Waals surface area contributed by atoms with Gasteiger partial charge < -0.3 is 5.73 Å². The lowest BCUT2D eigenvalue weighted by Crippen LogP contribution is -2.31. The molecule has 2 N–H and O–H groups in total. The van der Waals surface area contributed by atoms with Gasteiger partial charge >= 0.3 is 0 Å². The highest BCUT2D eigenvalue weighted by Crippen LogP contribution is 2.20. The first-order valence-electron chi connectivity index (χ1n) is 5.32. The average Bonchev–Trinajstić information content (AvgIpc) is 2.65. The molecule has 0 amide bonds. The maximum atomic E-state index is 12.2. The van der Waals surface area contributed by atoms with E-state index < -0.39 is 10.0 Å². The average molecular weight is 277 g/mol. The van der Waals surface area contributed by atoms with Gasteiger partial charge in [0.1, 0.15) is 0 Å². The maximum Gasteiger partial charge on any atom is 0.243 e. The summed E-state index contributed by atoms with van der Waals surface area (Å²) >= 11 is 0. The van der Waals surface area contributed by atoms with Gasteiger partial charge in [-0.1, -0.05) is 12.1 Å². The van der Waals surface area contributed by atoms with E-state index in [2.05, 4.69) is 0 Å². The minimum atomic E-state index is -3.34. The van der Waals surface area contributed by atoms with Crippen molar-refractivity contribution in [2.24, 2.45) is 5.73 Å². The fourth-order valence-electron chi connectivity index (χ4n) is 1.90. The Morgan fingerprint density at radius 2 is 2.12 bits per heavy atom. The Kier molecular flexibility index (Phi) is 4.55. The summed E-state index contributed by atoms with van der Waals surface area (Å²) in [5.41, 5.74) is 6.67. The van der Waals surface area contributed by atoms with Gasteiger partial charge in [0.2, 0.25) is 10.0 Å². The summed E-state index contributed by atoms with van der Waals surface area (Å²) in [4.78, 5) is 0.363. The number of halogens is 1. The monoisotopic (exact) mass is 276 g/mol. The predicted octanol–water partition coefficient (Wildman–Crippen LogP) is 1.14. The fourth-order valence-corrected chi connectivity index (χ4v) is 3.51. The lowest BCUT2D eigenvalue weighted by atomic mass is 10.2. The molecule has 0 bridgehead atoms. The number of nitrogens with two attached hydrogens (primary N) is 1. The van der Waals surface area contributed by atoms with E-state index in [1.807, 2.05) is 13.0 Å². The number of hydrogen-bond acceptors (Lipinski definition) is 3. The number of nitrogens with zero attached hydrogens (tertiary/aromatic N) is 1. The number of rotatable bonds is 2. The topological polar surface area (TPSA) is 63.4 Å². The van der Waals surface area contributed by atoms with Gasteiger partial charge in [0.25, 0.3) is 0 Å². The van der Waals surface area contributed by atoms with Crippen LogP contribution in [0.15, 0.2) is 29.2 Å². The molecule has 1 aliphatic rings. The Bertz CT molecular complexity index is 490. The van der Waals surface area contributed by atoms with Crippen LogP contribution in [0, 0.1) is 6.92 Å². The van der Waals surface area contributed by atoms with Crippen LogP contribution in [0.4, 0.5) is 0 Å². The van der Waals surface area contributed by atoms with Gasteiger partial charge in [-0.25, -0.2) is 8.42 Å². The minimum Gasteiger partial charge on any atom is -0.326 e. The first-order chi connectivity index (χ1) is 7.50. The van der Waals surface area contributed by atoms with Crippen molar-refractivity contribution in [2.75, 3.05) is 13.1 Å². The van der Waals surface area contributed by atoms with Gasteiger partial charge in [-0.05, 0) is 31.0 Å². The summed E-state index contributed by atoms with van der Waals surface area (Å²) < 4.78 is 25.9. The summed E-state index contributed by atoms with van der Waals surface area (Å²) in [5, 5.41) is 0. The molecule has 2 rings (SSSR count). The molecule has 0 radical (unpaired) electrons. The van der Waals surface area contributed by atoms with E-state index >= 15 is 0 Å². The van der Waals surface area contributed by atoms with Crippen LogP contribution in [-0.2, 0) is 10.0 Å². The van der Waals surface area contributed by atoms with Crippen LogP contribution in [0.25, 0.3) is 0 Å². The molecule has 1 aromatic rings. The molecule has 1 aliphatic heterocycles. The predicted molar refractivity (Wildman–Crippen MR) is 69.8 cm³/mol.